The van der Waals surface area contributed by atoms with Crippen LogP contribution in [0, 0.1) is 11.8 Å². The van der Waals surface area contributed by atoms with Crippen molar-refractivity contribution in [2.45, 2.75) is 44.2 Å². The Morgan fingerprint density at radius 1 is 1.36 bits per heavy atom. The van der Waals surface area contributed by atoms with Crippen molar-refractivity contribution < 1.29 is 4.79 Å². The van der Waals surface area contributed by atoms with Crippen LogP contribution in [0.25, 0.3) is 0 Å². The van der Waals surface area contributed by atoms with Crippen LogP contribution in [0.5, 0.6) is 0 Å². The normalized spacial score (nSPS) is 37.8. The van der Waals surface area contributed by atoms with Crippen molar-refractivity contribution in [2.75, 3.05) is 13.1 Å². The van der Waals surface area contributed by atoms with Gasteiger partial charge in [-0.05, 0) is 44.2 Å². The molecular weight excluding hydrogens is 276 g/mol. The second-order valence-electron chi connectivity index (χ2n) is 6.78. The molecule has 5 nitrogen and oxygen atoms in total. The van der Waals surface area contributed by atoms with Gasteiger partial charge in [-0.1, -0.05) is 6.07 Å². The molecule has 0 bridgehead atoms. The highest BCUT2D eigenvalue weighted by molar-refractivity contribution is 5.81. The third-order valence-corrected chi connectivity index (χ3v) is 5.80. The molecule has 1 aliphatic carbocycles. The Hall–Kier alpha value is -1.46. The Labute approximate surface area is 131 Å². The van der Waals surface area contributed by atoms with Crippen molar-refractivity contribution in [1.82, 2.24) is 20.7 Å². The molecule has 0 radical (unpaired) electrons. The lowest BCUT2D eigenvalue weighted by atomic mass is 9.68. The summed E-state index contributed by atoms with van der Waals surface area (Å²) in [5.74, 6) is 1.49. The number of aromatic nitrogens is 1. The van der Waals surface area contributed by atoms with Gasteiger partial charge in [0.1, 0.15) is 0 Å². The van der Waals surface area contributed by atoms with Crippen molar-refractivity contribution in [3.63, 3.8) is 0 Å². The molecule has 5 unspecified atom stereocenters. The van der Waals surface area contributed by atoms with Gasteiger partial charge in [0.25, 0.3) is 0 Å². The molecular formula is C17H24N4O. The van der Waals surface area contributed by atoms with E-state index in [2.05, 4.69) is 39.8 Å². The molecule has 1 aromatic rings. The zero-order valence-corrected chi connectivity index (χ0v) is 13.0. The number of rotatable bonds is 2. The van der Waals surface area contributed by atoms with Gasteiger partial charge < -0.3 is 4.90 Å². The number of hydrazine groups is 1. The zero-order chi connectivity index (χ0) is 15.1. The molecule has 2 N–H and O–H groups in total. The SMILES string of the molecule is CCN1C(=O)C2CNNC2C2CCC(c3ccccn3)CC21. The van der Waals surface area contributed by atoms with E-state index in [1.165, 1.54) is 18.5 Å². The van der Waals surface area contributed by atoms with Gasteiger partial charge in [0.2, 0.25) is 5.91 Å². The van der Waals surface area contributed by atoms with E-state index >= 15 is 0 Å². The number of piperidine rings is 1. The number of nitrogens with zero attached hydrogens (tertiary/aromatic N) is 2. The Morgan fingerprint density at radius 2 is 2.27 bits per heavy atom. The number of hydrogen-bond donors (Lipinski definition) is 2. The number of fused-ring (bicyclic) bond motifs is 3. The average molecular weight is 300 g/mol. The second kappa shape index (κ2) is 5.63. The number of pyridine rings is 1. The van der Waals surface area contributed by atoms with Gasteiger partial charge in [-0.15, -0.1) is 0 Å². The molecule has 1 aromatic heterocycles. The first-order chi connectivity index (χ1) is 10.8. The second-order valence-corrected chi connectivity index (χ2v) is 6.78. The summed E-state index contributed by atoms with van der Waals surface area (Å²) in [4.78, 5) is 19.4. The fourth-order valence-electron chi connectivity index (χ4n) is 4.76. The van der Waals surface area contributed by atoms with Crippen LogP contribution in [0.1, 0.15) is 37.8 Å². The maximum atomic E-state index is 12.8. The summed E-state index contributed by atoms with van der Waals surface area (Å²) < 4.78 is 0. The predicted molar refractivity (Wildman–Crippen MR) is 83.9 cm³/mol. The van der Waals surface area contributed by atoms with E-state index in [0.29, 0.717) is 29.8 Å². The summed E-state index contributed by atoms with van der Waals surface area (Å²) >= 11 is 0. The van der Waals surface area contributed by atoms with Gasteiger partial charge in [-0.3, -0.25) is 20.6 Å². The Kier molecular flexibility index (Phi) is 3.62. The molecule has 5 atom stereocenters. The molecule has 0 aromatic carbocycles. The number of hydrogen-bond acceptors (Lipinski definition) is 4. The molecule has 3 heterocycles. The number of carbonyl (C=O) groups is 1. The van der Waals surface area contributed by atoms with Gasteiger partial charge in [0, 0.05) is 43.0 Å². The lowest BCUT2D eigenvalue weighted by Gasteiger charge is -2.50. The molecule has 2 saturated heterocycles. The molecule has 118 valence electrons. The fourth-order valence-corrected chi connectivity index (χ4v) is 4.76. The van der Waals surface area contributed by atoms with Gasteiger partial charge in [0.15, 0.2) is 0 Å². The largest absolute Gasteiger partial charge is 0.339 e. The average Bonchev–Trinajstić information content (AvgIpc) is 3.06. The first-order valence-electron chi connectivity index (χ1n) is 8.49. The smallest absolute Gasteiger partial charge is 0.228 e. The number of likely N-dealkylation sites (tertiary alicyclic amines) is 1. The van der Waals surface area contributed by atoms with Crippen molar-refractivity contribution in [2.24, 2.45) is 11.8 Å². The topological polar surface area (TPSA) is 57.3 Å². The van der Waals surface area contributed by atoms with Gasteiger partial charge >= 0.3 is 0 Å². The number of amides is 1. The van der Waals surface area contributed by atoms with Gasteiger partial charge in [0.05, 0.1) is 5.92 Å². The highest BCUT2D eigenvalue weighted by Crippen LogP contribution is 2.44. The van der Waals surface area contributed by atoms with Crippen molar-refractivity contribution in [3.05, 3.63) is 30.1 Å². The van der Waals surface area contributed by atoms with E-state index in [9.17, 15) is 4.79 Å². The predicted octanol–water partition coefficient (Wildman–Crippen LogP) is 1.29. The lowest BCUT2D eigenvalue weighted by molar-refractivity contribution is -0.146. The van der Waals surface area contributed by atoms with Crippen molar-refractivity contribution in [1.29, 1.82) is 0 Å². The maximum absolute atomic E-state index is 12.8. The summed E-state index contributed by atoms with van der Waals surface area (Å²) in [6.07, 6.45) is 5.27. The molecule has 5 heteroatoms. The van der Waals surface area contributed by atoms with Gasteiger partial charge in [-0.2, -0.15) is 0 Å². The number of nitrogens with one attached hydrogen (secondary N) is 2. The summed E-state index contributed by atoms with van der Waals surface area (Å²) in [6, 6.07) is 6.83. The highest BCUT2D eigenvalue weighted by atomic mass is 16.2. The Balaban J connectivity index is 1.60. The van der Waals surface area contributed by atoms with Crippen LogP contribution in [0.15, 0.2) is 24.4 Å². The molecule has 4 rings (SSSR count). The maximum Gasteiger partial charge on any atom is 0.228 e. The minimum Gasteiger partial charge on any atom is -0.339 e. The fraction of sp³-hybridized carbons (Fsp3) is 0.647. The minimum atomic E-state index is 0.118. The minimum absolute atomic E-state index is 0.118. The third kappa shape index (κ3) is 2.15. The molecule has 1 amide bonds. The van der Waals surface area contributed by atoms with Crippen LogP contribution >= 0.6 is 0 Å². The van der Waals surface area contributed by atoms with E-state index in [0.717, 1.165) is 19.5 Å². The molecule has 3 fully saturated rings. The summed E-state index contributed by atoms with van der Waals surface area (Å²) in [6.45, 7) is 3.69. The van der Waals surface area contributed by atoms with Gasteiger partial charge in [-0.25, -0.2) is 0 Å². The van der Waals surface area contributed by atoms with Crippen LogP contribution in [0.3, 0.4) is 0 Å². The van der Waals surface area contributed by atoms with E-state index in [1.54, 1.807) is 0 Å². The first kappa shape index (κ1) is 14.2. The zero-order valence-electron chi connectivity index (χ0n) is 13.0. The third-order valence-electron chi connectivity index (χ3n) is 5.80. The number of carbonyl (C=O) groups excluding carboxylic acids is 1. The molecule has 0 spiro atoms. The van der Waals surface area contributed by atoms with Crippen LogP contribution in [0.2, 0.25) is 0 Å². The molecule has 2 aliphatic heterocycles. The Morgan fingerprint density at radius 3 is 3.05 bits per heavy atom. The van der Waals surface area contributed by atoms with Crippen molar-refractivity contribution in [3.8, 4) is 0 Å². The summed E-state index contributed by atoms with van der Waals surface area (Å²) in [7, 11) is 0. The van der Waals surface area contributed by atoms with Crippen LogP contribution in [0.4, 0.5) is 0 Å². The summed E-state index contributed by atoms with van der Waals surface area (Å²) in [5, 5.41) is 0. The van der Waals surface area contributed by atoms with Crippen LogP contribution in [-0.4, -0.2) is 41.0 Å². The van der Waals surface area contributed by atoms with Crippen LogP contribution < -0.4 is 10.9 Å². The Bertz CT molecular complexity index is 549. The molecule has 1 saturated carbocycles. The van der Waals surface area contributed by atoms with Crippen molar-refractivity contribution >= 4 is 5.91 Å². The monoisotopic (exact) mass is 300 g/mol. The quantitative estimate of drug-likeness (QED) is 0.864. The first-order valence-corrected chi connectivity index (χ1v) is 8.49. The van der Waals surface area contributed by atoms with E-state index in [-0.39, 0.29) is 5.92 Å². The van der Waals surface area contributed by atoms with E-state index in [1.807, 2.05) is 12.3 Å². The lowest BCUT2D eigenvalue weighted by Crippen LogP contribution is -2.61. The van der Waals surface area contributed by atoms with Crippen LogP contribution in [-0.2, 0) is 4.79 Å². The summed E-state index contributed by atoms with van der Waals surface area (Å²) in [5.41, 5.74) is 7.76. The standard InChI is InChI=1S/C17H24N4O/c1-2-21-15-9-11(14-5-3-4-8-18-14)6-7-12(15)16-13(17(21)22)10-19-20-16/h3-5,8,11-13,15-16,19-20H,2,6-7,9-10H2,1H3. The highest BCUT2D eigenvalue weighted by Gasteiger charge is 2.51. The van der Waals surface area contributed by atoms with E-state index < -0.39 is 0 Å². The molecule has 3 aliphatic rings. The molecule has 22 heavy (non-hydrogen) atoms. The van der Waals surface area contributed by atoms with E-state index in [4.69, 9.17) is 0 Å².